The van der Waals surface area contributed by atoms with Gasteiger partial charge >= 0.3 is 0 Å². The van der Waals surface area contributed by atoms with Crippen molar-refractivity contribution in [2.45, 2.75) is 172 Å². The van der Waals surface area contributed by atoms with E-state index < -0.39 is 30.1 Å². The highest BCUT2D eigenvalue weighted by atomic mass is 35.5. The third-order valence-electron chi connectivity index (χ3n) is 28.8. The number of hydrogen-bond acceptors (Lipinski definition) is 27. The first-order valence-electron chi connectivity index (χ1n) is 50.8. The number of sulfonamides is 3. The first-order valence-corrected chi connectivity index (χ1v) is 58.0. The van der Waals surface area contributed by atoms with Gasteiger partial charge in [-0.05, 0) is 201 Å². The van der Waals surface area contributed by atoms with E-state index in [9.17, 15) is 54.3 Å². The van der Waals surface area contributed by atoms with Crippen molar-refractivity contribution < 1.29 is 63.8 Å². The first-order chi connectivity index (χ1) is 71.0. The molecular weight excluding hydrogens is 2040 g/mol. The minimum atomic E-state index is -3.60. The number of rotatable bonds is 22. The van der Waals surface area contributed by atoms with E-state index in [0.717, 1.165) is 253 Å². The topological polar surface area (TPSA) is 424 Å². The molecule has 0 spiro atoms. The molecule has 39 nitrogen and oxygen atoms in total. The SMILES string of the molecule is CC(=O)Nc1ccc(Cl)cc1C(=O)N1CCCC[C@H]1c1cc2nc(C3CC3)cc(C)n2n1.CC1CN(c2cc(N3CC(O)C3)n3nc([C@@H]4CCCCN4C(=O)c4cc(Cl)ccc4NS(C)(=O)=O)cc3n2)C1.CS(=O)(=O)Nc1ccc(Cl)cc1C(=O)N1CCCC[C@H]1c1cc2nc(C3CC3)cc(N3CCOCC3)n2n1.CS(=O)(=O)Nc1ccc(Cl)cc1C(=O)N1CCCC[C@H]1c1cc2nc(N3CCC3)cc(N3CCOCC3)n2n1. The van der Waals surface area contributed by atoms with Crippen molar-refractivity contribution in [3.05, 3.63) is 204 Å². The minimum Gasteiger partial charge on any atom is -0.389 e. The van der Waals surface area contributed by atoms with E-state index in [4.69, 9.17) is 96.2 Å². The first kappa shape index (κ1) is 103. The Labute approximate surface area is 878 Å². The van der Waals surface area contributed by atoms with Gasteiger partial charge in [0.1, 0.15) is 29.1 Å². The number of amides is 5. The number of aromatic nitrogens is 12. The monoisotopic (exact) mass is 2160 g/mol. The van der Waals surface area contributed by atoms with Crippen LogP contribution in [0.25, 0.3) is 22.6 Å². The molecule has 12 aromatic rings. The van der Waals surface area contributed by atoms with Gasteiger partial charge in [-0.15, -0.1) is 0 Å². The number of morpholine rings is 2. The molecule has 9 aliphatic heterocycles. The van der Waals surface area contributed by atoms with Crippen molar-refractivity contribution in [2.75, 3.05) is 181 Å². The molecule has 2 saturated carbocycles. The Morgan fingerprint density at radius 1 is 0.351 bits per heavy atom. The fourth-order valence-electron chi connectivity index (χ4n) is 21.1. The van der Waals surface area contributed by atoms with E-state index in [1.54, 1.807) is 55.6 Å². The smallest absolute Gasteiger partial charge is 0.256 e. The van der Waals surface area contributed by atoms with Crippen molar-refractivity contribution >= 4 is 180 Å². The van der Waals surface area contributed by atoms with E-state index in [1.165, 1.54) is 56.2 Å². The minimum absolute atomic E-state index is 0.147. The molecule has 5 amide bonds. The molecule has 17 heterocycles. The Kier molecular flexibility index (Phi) is 30.1. The van der Waals surface area contributed by atoms with Crippen LogP contribution in [0.4, 0.5) is 51.8 Å². The predicted octanol–water partition coefficient (Wildman–Crippen LogP) is 14.7. The Morgan fingerprint density at radius 3 is 1.01 bits per heavy atom. The molecule has 784 valence electrons. The van der Waals surface area contributed by atoms with Crippen LogP contribution in [0.5, 0.6) is 0 Å². The van der Waals surface area contributed by atoms with Crippen LogP contribution in [0, 0.1) is 12.8 Å². The van der Waals surface area contributed by atoms with Gasteiger partial charge in [0.15, 0.2) is 22.6 Å². The Morgan fingerprint density at radius 2 is 0.676 bits per heavy atom. The highest BCUT2D eigenvalue weighted by molar-refractivity contribution is 7.92. The van der Waals surface area contributed by atoms with Crippen molar-refractivity contribution in [3.8, 4) is 0 Å². The van der Waals surface area contributed by atoms with Gasteiger partial charge in [0.05, 0.1) is 143 Å². The average molecular weight is 2160 g/mol. The van der Waals surface area contributed by atoms with E-state index >= 15 is 0 Å². The van der Waals surface area contributed by atoms with Crippen LogP contribution >= 0.6 is 46.4 Å². The molecule has 4 atom stereocenters. The number of anilines is 9. The van der Waals surface area contributed by atoms with Crippen molar-refractivity contribution in [3.63, 3.8) is 0 Å². The number of piperidine rings is 4. The molecular formula is C102H121Cl4N25O14S3. The number of aryl methyl sites for hydroxylation is 1. The van der Waals surface area contributed by atoms with Crippen LogP contribution in [0.1, 0.15) is 240 Å². The van der Waals surface area contributed by atoms with Gasteiger partial charge in [0.25, 0.3) is 23.6 Å². The number of halogens is 4. The number of fused-ring (bicyclic) bond motifs is 4. The molecule has 0 radical (unpaired) electrons. The summed E-state index contributed by atoms with van der Waals surface area (Å²) in [4.78, 5) is 105. The van der Waals surface area contributed by atoms with Crippen LogP contribution < -0.4 is 44.0 Å². The Hall–Kier alpha value is -12.0. The molecule has 0 bridgehead atoms. The van der Waals surface area contributed by atoms with Gasteiger partial charge < -0.3 is 64.0 Å². The lowest BCUT2D eigenvalue weighted by atomic mass is 9.98. The normalized spacial score (nSPS) is 20.1. The zero-order valence-corrected chi connectivity index (χ0v) is 88.8. The molecule has 46 heteroatoms. The zero-order chi connectivity index (χ0) is 103. The number of hydrogen-bond donors (Lipinski definition) is 5. The number of aliphatic hydroxyl groups excluding tert-OH is 1. The number of likely N-dealkylation sites (tertiary alicyclic amines) is 4. The molecule has 2 aliphatic carbocycles. The number of ether oxygens (including phenoxy) is 2. The maximum Gasteiger partial charge on any atom is 0.256 e. The summed E-state index contributed by atoms with van der Waals surface area (Å²) in [5.41, 5.74) is 11.6. The summed E-state index contributed by atoms with van der Waals surface area (Å²) in [5, 5.41) is 34.0. The molecule has 148 heavy (non-hydrogen) atoms. The molecule has 23 rings (SSSR count). The van der Waals surface area contributed by atoms with Crippen molar-refractivity contribution in [1.82, 2.24) is 78.0 Å². The lowest BCUT2D eigenvalue weighted by Gasteiger charge is -2.40. The number of benzene rings is 4. The number of carbonyl (C=O) groups excluding carboxylic acids is 5. The van der Waals surface area contributed by atoms with E-state index in [-0.39, 0.29) is 93.6 Å². The fraction of sp³-hybridized carbons (Fsp3) is 0.480. The number of nitrogens with one attached hydrogen (secondary N) is 4. The third kappa shape index (κ3) is 23.3. The summed E-state index contributed by atoms with van der Waals surface area (Å²) in [6.07, 6.45) is 19.1. The van der Waals surface area contributed by atoms with Crippen LogP contribution in [-0.4, -0.2) is 281 Å². The predicted molar refractivity (Wildman–Crippen MR) is 569 cm³/mol. The molecule has 11 fully saturated rings. The Bertz CT molecular complexity index is 7470. The number of nitrogens with zero attached hydrogens (tertiary/aromatic N) is 21. The van der Waals surface area contributed by atoms with E-state index in [1.807, 2.05) is 55.7 Å². The lowest BCUT2D eigenvalue weighted by Crippen LogP contribution is -2.52. The van der Waals surface area contributed by atoms with E-state index in [2.05, 4.69) is 69.1 Å². The standard InChI is InChI=1S/2C26H32ClN7O4S.C26H31ClN6O4S.C24H26ClN5O2/c1-16-12-31(13-16)23-11-25(32-14-18(35)15-32)34-24(28-23)10-21(29-34)22-5-3-4-8-33(22)26(36)19-9-17(27)6-7-20(19)30-39(2,37)38;1-39(36,37)30-20-7-6-18(27)15-19(20)26(35)33-10-3-2-5-22(33)21-16-24-28-23(31-8-4-9-31)17-25(34(24)29-21)32-11-13-38-14-12-32;1-38(35,36)30-20-8-7-18(27)14-19(20)26(34)32-9-3-2-4-23(32)22-15-24-28-21(17-5-6-17)16-25(33(24)29-22)31-10-12-37-13-11-31;1-14-11-20(16-6-7-16)27-23-13-21(28-30(14)23)22-5-3-4-10-29(22)24(32)18-12-17(25)8-9-19(18)26-15(2)31/h6-7,9-11,16,18,22,30,35H,3-5,8,12-15H2,1-2H3;6-7,15-17,22,30H,2-5,8-14H2,1H3;7-8,14-17,23,30H,2-6,9-13H2,1H3;8-9,11-13,16,22H,3-7,10H2,1-2H3,(H,26,31)/t2*22-;23-;22-/m0000/s1. The van der Waals surface area contributed by atoms with Crippen LogP contribution in [0.3, 0.4) is 0 Å². The van der Waals surface area contributed by atoms with Crippen LogP contribution in [0.15, 0.2) is 121 Å². The highest BCUT2D eigenvalue weighted by Crippen LogP contribution is 2.46. The maximum absolute atomic E-state index is 13.9. The van der Waals surface area contributed by atoms with Crippen LogP contribution in [0.2, 0.25) is 20.1 Å². The van der Waals surface area contributed by atoms with Crippen molar-refractivity contribution in [2.24, 2.45) is 5.92 Å². The summed E-state index contributed by atoms with van der Waals surface area (Å²) in [6, 6.07) is 34.1. The molecule has 4 aromatic carbocycles. The summed E-state index contributed by atoms with van der Waals surface area (Å²) in [5.74, 6) is 5.11. The Balaban J connectivity index is 0.000000120. The highest BCUT2D eigenvalue weighted by Gasteiger charge is 2.42. The molecule has 8 aromatic heterocycles. The largest absolute Gasteiger partial charge is 0.389 e. The second kappa shape index (κ2) is 43.2. The van der Waals surface area contributed by atoms with Gasteiger partial charge in [-0.1, -0.05) is 53.3 Å². The van der Waals surface area contributed by atoms with Gasteiger partial charge in [0, 0.05) is 190 Å². The summed E-state index contributed by atoms with van der Waals surface area (Å²) >= 11 is 24.9. The molecule has 11 aliphatic rings. The summed E-state index contributed by atoms with van der Waals surface area (Å²) < 4.78 is 97.8. The van der Waals surface area contributed by atoms with E-state index in [0.29, 0.717) is 120 Å². The summed E-state index contributed by atoms with van der Waals surface area (Å²) in [7, 11) is -10.8. The molecule has 9 saturated heterocycles. The summed E-state index contributed by atoms with van der Waals surface area (Å²) in [6.45, 7) is 18.6. The lowest BCUT2D eigenvalue weighted by molar-refractivity contribution is -0.114. The second-order valence-electron chi connectivity index (χ2n) is 40.4. The molecule has 0 unspecified atom stereocenters. The van der Waals surface area contributed by atoms with Crippen molar-refractivity contribution in [1.29, 1.82) is 0 Å². The zero-order valence-electron chi connectivity index (χ0n) is 83.3. The van der Waals surface area contributed by atoms with Gasteiger partial charge in [-0.2, -0.15) is 33.9 Å². The van der Waals surface area contributed by atoms with Gasteiger partial charge in [-0.25, -0.2) is 49.7 Å². The average Bonchev–Trinajstić information content (AvgIpc) is 1.62. The third-order valence-corrected chi connectivity index (χ3v) is 31.5. The number of β-amino-alcohol motifs (C(OH)–C–C–N with tert-alkyl or cyclic N) is 1. The molecule has 5 N–H and O–H groups in total. The number of carbonyl (C=O) groups is 5. The number of aliphatic hydroxyl groups is 1. The fourth-order valence-corrected chi connectivity index (χ4v) is 23.5. The quantitative estimate of drug-likeness (QED) is 0.0421. The second-order valence-corrected chi connectivity index (χ2v) is 47.4. The van der Waals surface area contributed by atoms with Gasteiger partial charge in [-0.3, -0.25) is 38.1 Å². The van der Waals surface area contributed by atoms with Gasteiger partial charge in [0.2, 0.25) is 36.0 Å². The van der Waals surface area contributed by atoms with Crippen LogP contribution in [-0.2, 0) is 44.3 Å². The maximum atomic E-state index is 13.9.